The summed E-state index contributed by atoms with van der Waals surface area (Å²) in [5.74, 6) is 0.654. The van der Waals surface area contributed by atoms with Crippen LogP contribution in [0.3, 0.4) is 0 Å². The van der Waals surface area contributed by atoms with Crippen LogP contribution in [0, 0.1) is 0 Å². The van der Waals surface area contributed by atoms with Crippen molar-refractivity contribution in [1.82, 2.24) is 34.6 Å². The van der Waals surface area contributed by atoms with E-state index in [0.717, 1.165) is 0 Å². The van der Waals surface area contributed by atoms with E-state index in [2.05, 4.69) is 30.8 Å². The highest BCUT2D eigenvalue weighted by atomic mass is 16.1. The molecular formula is C9H10N8O. The minimum Gasteiger partial charge on any atom is -0.368 e. The van der Waals surface area contributed by atoms with Crippen molar-refractivity contribution in [2.24, 2.45) is 0 Å². The quantitative estimate of drug-likeness (QED) is 0.619. The van der Waals surface area contributed by atoms with Gasteiger partial charge in [-0.1, -0.05) is 5.21 Å². The predicted molar refractivity (Wildman–Crippen MR) is 62.1 cm³/mol. The standard InChI is InChI=1S/C9H10N8O/c18-9-14-13-8-5-7(11-6-17(8)9)10-1-3-16-4-2-12-15-16/h2,4-6,10H,1,3H2,(H,14,18). The second-order valence-electron chi connectivity index (χ2n) is 3.62. The van der Waals surface area contributed by atoms with Crippen LogP contribution in [-0.4, -0.2) is 41.1 Å². The molecule has 0 unspecified atom stereocenters. The van der Waals surface area contributed by atoms with Crippen LogP contribution in [0.4, 0.5) is 5.82 Å². The Bertz CT molecular complexity index is 697. The molecule has 0 radical (unpaired) electrons. The summed E-state index contributed by atoms with van der Waals surface area (Å²) in [4.78, 5) is 15.3. The number of rotatable bonds is 4. The summed E-state index contributed by atoms with van der Waals surface area (Å²) >= 11 is 0. The lowest BCUT2D eigenvalue weighted by Crippen LogP contribution is -2.13. The number of anilines is 1. The van der Waals surface area contributed by atoms with Gasteiger partial charge in [-0.3, -0.25) is 4.68 Å². The molecular weight excluding hydrogens is 236 g/mol. The molecule has 0 saturated carbocycles. The van der Waals surface area contributed by atoms with E-state index in [-0.39, 0.29) is 5.69 Å². The Balaban J connectivity index is 1.69. The largest absolute Gasteiger partial charge is 0.368 e. The Labute approximate surface area is 100 Å². The maximum Gasteiger partial charge on any atom is 0.348 e. The number of H-pyrrole nitrogens is 1. The fourth-order valence-corrected chi connectivity index (χ4v) is 1.56. The van der Waals surface area contributed by atoms with Gasteiger partial charge in [0.15, 0.2) is 5.65 Å². The molecule has 0 aliphatic carbocycles. The Morgan fingerprint density at radius 3 is 3.22 bits per heavy atom. The first-order valence-electron chi connectivity index (χ1n) is 5.34. The van der Waals surface area contributed by atoms with Gasteiger partial charge in [0, 0.05) is 18.8 Å². The van der Waals surface area contributed by atoms with Crippen LogP contribution in [-0.2, 0) is 6.54 Å². The van der Waals surface area contributed by atoms with Crippen molar-refractivity contribution >= 4 is 11.5 Å². The van der Waals surface area contributed by atoms with Gasteiger partial charge in [0.1, 0.15) is 12.1 Å². The summed E-state index contributed by atoms with van der Waals surface area (Å²) in [7, 11) is 0. The third-order valence-electron chi connectivity index (χ3n) is 2.43. The Morgan fingerprint density at radius 1 is 1.44 bits per heavy atom. The molecule has 9 nitrogen and oxygen atoms in total. The van der Waals surface area contributed by atoms with E-state index in [1.54, 1.807) is 23.1 Å². The van der Waals surface area contributed by atoms with Crippen LogP contribution in [0.25, 0.3) is 5.65 Å². The second-order valence-corrected chi connectivity index (χ2v) is 3.62. The van der Waals surface area contributed by atoms with Crippen molar-refractivity contribution in [3.05, 3.63) is 35.3 Å². The van der Waals surface area contributed by atoms with Gasteiger partial charge in [0.25, 0.3) is 0 Å². The zero-order valence-corrected chi connectivity index (χ0v) is 9.32. The van der Waals surface area contributed by atoms with E-state index in [1.807, 2.05) is 0 Å². The fourth-order valence-electron chi connectivity index (χ4n) is 1.56. The van der Waals surface area contributed by atoms with Gasteiger partial charge in [-0.05, 0) is 0 Å². The molecule has 3 aromatic rings. The van der Waals surface area contributed by atoms with Crippen LogP contribution >= 0.6 is 0 Å². The Kier molecular flexibility index (Phi) is 2.48. The van der Waals surface area contributed by atoms with Crippen molar-refractivity contribution < 1.29 is 0 Å². The Morgan fingerprint density at radius 2 is 2.39 bits per heavy atom. The summed E-state index contributed by atoms with van der Waals surface area (Å²) in [6.07, 6.45) is 4.84. The van der Waals surface area contributed by atoms with Crippen molar-refractivity contribution in [2.45, 2.75) is 6.54 Å². The number of fused-ring (bicyclic) bond motifs is 1. The molecule has 0 amide bonds. The lowest BCUT2D eigenvalue weighted by atomic mass is 10.5. The van der Waals surface area contributed by atoms with E-state index >= 15 is 0 Å². The molecule has 0 fully saturated rings. The molecule has 0 atom stereocenters. The maximum atomic E-state index is 11.2. The Hall–Kier alpha value is -2.71. The number of hydrogen-bond donors (Lipinski definition) is 2. The predicted octanol–water partition coefficient (Wildman–Crippen LogP) is -0.879. The topological polar surface area (TPSA) is 106 Å². The zero-order valence-electron chi connectivity index (χ0n) is 9.32. The zero-order chi connectivity index (χ0) is 12.4. The molecule has 3 rings (SSSR count). The van der Waals surface area contributed by atoms with E-state index in [1.165, 1.54) is 10.7 Å². The van der Waals surface area contributed by atoms with Crippen LogP contribution in [0.1, 0.15) is 0 Å². The number of hydrogen-bond acceptors (Lipinski definition) is 6. The third-order valence-corrected chi connectivity index (χ3v) is 2.43. The molecule has 18 heavy (non-hydrogen) atoms. The fraction of sp³-hybridized carbons (Fsp3) is 0.222. The highest BCUT2D eigenvalue weighted by molar-refractivity contribution is 5.48. The van der Waals surface area contributed by atoms with Gasteiger partial charge in [-0.15, -0.1) is 5.10 Å². The molecule has 0 aliphatic rings. The van der Waals surface area contributed by atoms with Gasteiger partial charge in [0.2, 0.25) is 0 Å². The molecule has 0 bridgehead atoms. The summed E-state index contributed by atoms with van der Waals surface area (Å²) in [6, 6.07) is 1.69. The average Bonchev–Trinajstić information content (AvgIpc) is 3.00. The van der Waals surface area contributed by atoms with Crippen LogP contribution in [0.15, 0.2) is 29.6 Å². The lowest BCUT2D eigenvalue weighted by molar-refractivity contribution is 0.608. The monoisotopic (exact) mass is 246 g/mol. The second kappa shape index (κ2) is 4.28. The third kappa shape index (κ3) is 1.93. The number of nitrogens with zero attached hydrogens (tertiary/aromatic N) is 6. The van der Waals surface area contributed by atoms with Gasteiger partial charge in [-0.2, -0.15) is 5.10 Å². The molecule has 92 valence electrons. The molecule has 9 heteroatoms. The smallest absolute Gasteiger partial charge is 0.348 e. The maximum absolute atomic E-state index is 11.2. The lowest BCUT2D eigenvalue weighted by Gasteiger charge is -2.04. The van der Waals surface area contributed by atoms with Gasteiger partial charge in [0.05, 0.1) is 12.7 Å². The normalized spacial score (nSPS) is 10.9. The van der Waals surface area contributed by atoms with E-state index in [0.29, 0.717) is 24.6 Å². The SMILES string of the molecule is O=c1[nH]nc2cc(NCCn3ccnn3)ncn12. The first-order valence-corrected chi connectivity index (χ1v) is 5.34. The molecule has 3 aromatic heterocycles. The van der Waals surface area contributed by atoms with Crippen molar-refractivity contribution in [3.63, 3.8) is 0 Å². The van der Waals surface area contributed by atoms with Crippen molar-refractivity contribution in [3.8, 4) is 0 Å². The number of nitrogens with one attached hydrogen (secondary N) is 2. The summed E-state index contributed by atoms with van der Waals surface area (Å²) < 4.78 is 3.05. The van der Waals surface area contributed by atoms with Crippen LogP contribution < -0.4 is 11.0 Å². The highest BCUT2D eigenvalue weighted by Gasteiger charge is 2.01. The van der Waals surface area contributed by atoms with Crippen molar-refractivity contribution in [1.29, 1.82) is 0 Å². The minimum atomic E-state index is -0.299. The van der Waals surface area contributed by atoms with Crippen molar-refractivity contribution in [2.75, 3.05) is 11.9 Å². The molecule has 0 saturated heterocycles. The summed E-state index contributed by atoms with van der Waals surface area (Å²) in [5.41, 5.74) is 0.227. The molecule has 0 spiro atoms. The molecule has 0 aromatic carbocycles. The molecule has 0 aliphatic heterocycles. The molecule has 2 N–H and O–H groups in total. The van der Waals surface area contributed by atoms with E-state index < -0.39 is 0 Å². The minimum absolute atomic E-state index is 0.299. The summed E-state index contributed by atoms with van der Waals surface area (Å²) in [6.45, 7) is 1.33. The van der Waals surface area contributed by atoms with Gasteiger partial charge in [-0.25, -0.2) is 19.3 Å². The van der Waals surface area contributed by atoms with Gasteiger partial charge >= 0.3 is 5.69 Å². The van der Waals surface area contributed by atoms with Gasteiger partial charge < -0.3 is 5.32 Å². The first-order chi connectivity index (χ1) is 8.83. The average molecular weight is 246 g/mol. The first kappa shape index (κ1) is 10.4. The number of aromatic nitrogens is 7. The van der Waals surface area contributed by atoms with Crippen LogP contribution in [0.5, 0.6) is 0 Å². The highest BCUT2D eigenvalue weighted by Crippen LogP contribution is 2.03. The van der Waals surface area contributed by atoms with Crippen LogP contribution in [0.2, 0.25) is 0 Å². The van der Waals surface area contributed by atoms with E-state index in [4.69, 9.17) is 0 Å². The van der Waals surface area contributed by atoms with E-state index in [9.17, 15) is 4.79 Å². The molecule has 3 heterocycles. The summed E-state index contributed by atoms with van der Waals surface area (Å²) in [5, 5.41) is 16.9. The number of aromatic amines is 1.